The second kappa shape index (κ2) is 9.03. The van der Waals surface area contributed by atoms with Gasteiger partial charge >= 0.3 is 0 Å². The van der Waals surface area contributed by atoms with Gasteiger partial charge in [-0.05, 0) is 50.2 Å². The summed E-state index contributed by atoms with van der Waals surface area (Å²) >= 11 is 7.52. The number of amides is 1. The molecule has 0 radical (unpaired) electrons. The lowest BCUT2D eigenvalue weighted by Crippen LogP contribution is -2.22. The number of nitrogens with one attached hydrogen (secondary N) is 1. The van der Waals surface area contributed by atoms with E-state index in [1.54, 1.807) is 37.3 Å². The van der Waals surface area contributed by atoms with Crippen LogP contribution < -0.4 is 5.32 Å². The third-order valence-corrected chi connectivity index (χ3v) is 5.43. The summed E-state index contributed by atoms with van der Waals surface area (Å²) in [6.07, 6.45) is 0. The largest absolute Gasteiger partial charge is 0.338 e. The molecule has 1 atom stereocenters. The van der Waals surface area contributed by atoms with Crippen molar-refractivity contribution in [2.75, 3.05) is 5.32 Å². The lowest BCUT2D eigenvalue weighted by atomic mass is 10.1. The van der Waals surface area contributed by atoms with Gasteiger partial charge in [-0.3, -0.25) is 9.59 Å². The Morgan fingerprint density at radius 2 is 1.89 bits per heavy atom. The molecule has 0 aliphatic heterocycles. The Balaban J connectivity index is 1.55. The Hall–Kier alpha value is -2.64. The third-order valence-electron chi connectivity index (χ3n) is 3.97. The zero-order chi connectivity index (χ0) is 20.1. The Kier molecular flexibility index (Phi) is 6.49. The van der Waals surface area contributed by atoms with Gasteiger partial charge in [0, 0.05) is 16.8 Å². The lowest BCUT2D eigenvalue weighted by Gasteiger charge is -2.11. The zero-order valence-corrected chi connectivity index (χ0v) is 16.9. The smallest absolute Gasteiger partial charge is 0.237 e. The molecule has 1 N–H and O–H groups in total. The average molecular weight is 416 g/mol. The number of Topliss-reactive ketones (excluding diaryl/α,β-unsaturated/α-hetero) is 1. The van der Waals surface area contributed by atoms with E-state index in [4.69, 9.17) is 16.1 Å². The molecule has 6 nitrogen and oxygen atoms in total. The van der Waals surface area contributed by atoms with Crippen LogP contribution in [0.5, 0.6) is 0 Å². The highest BCUT2D eigenvalue weighted by Gasteiger charge is 2.17. The first-order chi connectivity index (χ1) is 13.4. The normalized spacial score (nSPS) is 11.8. The summed E-state index contributed by atoms with van der Waals surface area (Å²) < 4.78 is 5.25. The SMILES string of the molecule is CC(=O)c1ccc(NC(=O)[C@@H](C)SCc2nc(-c3ccccc3Cl)no2)cc1. The fourth-order valence-electron chi connectivity index (χ4n) is 2.37. The monoisotopic (exact) mass is 415 g/mol. The molecule has 1 heterocycles. The van der Waals surface area contributed by atoms with E-state index in [1.165, 1.54) is 18.7 Å². The quantitative estimate of drug-likeness (QED) is 0.555. The highest BCUT2D eigenvalue weighted by molar-refractivity contribution is 7.99. The molecule has 144 valence electrons. The van der Waals surface area contributed by atoms with E-state index < -0.39 is 0 Å². The number of carbonyl (C=O) groups excluding carboxylic acids is 2. The molecule has 0 spiro atoms. The predicted octanol–water partition coefficient (Wildman–Crippen LogP) is 4.85. The number of nitrogens with zero attached hydrogens (tertiary/aromatic N) is 2. The summed E-state index contributed by atoms with van der Waals surface area (Å²) in [6.45, 7) is 3.30. The summed E-state index contributed by atoms with van der Waals surface area (Å²) in [4.78, 5) is 28.0. The maximum absolute atomic E-state index is 12.3. The molecule has 3 rings (SSSR count). The first-order valence-electron chi connectivity index (χ1n) is 8.55. The van der Waals surface area contributed by atoms with Gasteiger partial charge < -0.3 is 9.84 Å². The van der Waals surface area contributed by atoms with Gasteiger partial charge in [0.05, 0.1) is 16.0 Å². The molecule has 1 amide bonds. The molecular weight excluding hydrogens is 398 g/mol. The zero-order valence-electron chi connectivity index (χ0n) is 15.3. The molecule has 0 aliphatic carbocycles. The molecule has 0 aliphatic rings. The summed E-state index contributed by atoms with van der Waals surface area (Å²) in [5.41, 5.74) is 1.94. The summed E-state index contributed by atoms with van der Waals surface area (Å²) in [6, 6.07) is 14.0. The topological polar surface area (TPSA) is 85.1 Å². The highest BCUT2D eigenvalue weighted by Crippen LogP contribution is 2.26. The van der Waals surface area contributed by atoms with Gasteiger partial charge in [-0.1, -0.05) is 28.9 Å². The minimum absolute atomic E-state index is 0.0162. The molecule has 28 heavy (non-hydrogen) atoms. The molecule has 0 saturated carbocycles. The van der Waals surface area contributed by atoms with E-state index in [-0.39, 0.29) is 16.9 Å². The molecule has 0 saturated heterocycles. The number of hydrogen-bond donors (Lipinski definition) is 1. The van der Waals surface area contributed by atoms with Crippen LogP contribution in [0.25, 0.3) is 11.4 Å². The van der Waals surface area contributed by atoms with Crippen LogP contribution in [0.15, 0.2) is 53.1 Å². The molecular formula is C20H18ClN3O3S. The van der Waals surface area contributed by atoms with Gasteiger partial charge in [0.2, 0.25) is 17.6 Å². The van der Waals surface area contributed by atoms with Crippen LogP contribution in [-0.4, -0.2) is 27.1 Å². The third kappa shape index (κ3) is 4.99. The van der Waals surface area contributed by atoms with E-state index in [0.717, 1.165) is 0 Å². The van der Waals surface area contributed by atoms with Crippen molar-refractivity contribution in [3.8, 4) is 11.4 Å². The number of benzene rings is 2. The number of carbonyl (C=O) groups is 2. The number of hydrogen-bond acceptors (Lipinski definition) is 6. The van der Waals surface area contributed by atoms with Gasteiger partial charge in [0.15, 0.2) is 5.78 Å². The molecule has 8 heteroatoms. The van der Waals surface area contributed by atoms with E-state index in [1.807, 2.05) is 18.2 Å². The van der Waals surface area contributed by atoms with Crippen LogP contribution in [0.4, 0.5) is 5.69 Å². The number of rotatable bonds is 7. The molecule has 1 aromatic heterocycles. The minimum Gasteiger partial charge on any atom is -0.338 e. The van der Waals surface area contributed by atoms with E-state index >= 15 is 0 Å². The standard InChI is InChI=1S/C20H18ClN3O3S/c1-12(25)14-7-9-15(10-8-14)22-20(26)13(2)28-11-18-23-19(24-27-18)16-5-3-4-6-17(16)21/h3-10,13H,11H2,1-2H3,(H,22,26)/t13-/m1/s1. The molecule has 3 aromatic rings. The lowest BCUT2D eigenvalue weighted by molar-refractivity contribution is -0.115. The number of halogens is 1. The van der Waals surface area contributed by atoms with Crippen molar-refractivity contribution < 1.29 is 14.1 Å². The van der Waals surface area contributed by atoms with Gasteiger partial charge in [-0.15, -0.1) is 11.8 Å². The van der Waals surface area contributed by atoms with Crippen molar-refractivity contribution in [1.82, 2.24) is 10.1 Å². The number of thioether (sulfide) groups is 1. The Morgan fingerprint density at radius 1 is 1.18 bits per heavy atom. The van der Waals surface area contributed by atoms with E-state index in [9.17, 15) is 9.59 Å². The number of anilines is 1. The predicted molar refractivity (Wildman–Crippen MR) is 111 cm³/mol. The summed E-state index contributed by atoms with van der Waals surface area (Å²) in [5.74, 6) is 1.08. The van der Waals surface area contributed by atoms with Crippen molar-refractivity contribution >= 4 is 40.7 Å². The Bertz CT molecular complexity index is 988. The van der Waals surface area contributed by atoms with Crippen molar-refractivity contribution in [3.63, 3.8) is 0 Å². The maximum Gasteiger partial charge on any atom is 0.237 e. The number of aromatic nitrogens is 2. The fraction of sp³-hybridized carbons (Fsp3) is 0.200. The first-order valence-corrected chi connectivity index (χ1v) is 9.97. The van der Waals surface area contributed by atoms with Gasteiger partial charge in [-0.2, -0.15) is 4.98 Å². The molecule has 0 bridgehead atoms. The van der Waals surface area contributed by atoms with Crippen molar-refractivity contribution in [2.45, 2.75) is 24.9 Å². The number of ketones is 1. The molecule has 0 unspecified atom stereocenters. The second-order valence-corrected chi connectivity index (χ2v) is 7.80. The van der Waals surface area contributed by atoms with Crippen LogP contribution in [0.2, 0.25) is 5.02 Å². The second-order valence-electron chi connectivity index (χ2n) is 6.07. The van der Waals surface area contributed by atoms with E-state index in [0.29, 0.717) is 39.3 Å². The van der Waals surface area contributed by atoms with Crippen molar-refractivity contribution in [2.24, 2.45) is 0 Å². The van der Waals surface area contributed by atoms with Crippen LogP contribution in [0.3, 0.4) is 0 Å². The van der Waals surface area contributed by atoms with E-state index in [2.05, 4.69) is 15.5 Å². The van der Waals surface area contributed by atoms with Crippen molar-refractivity contribution in [3.05, 3.63) is 65.0 Å². The summed E-state index contributed by atoms with van der Waals surface area (Å²) in [5, 5.41) is 6.99. The van der Waals surface area contributed by atoms with Crippen LogP contribution in [0, 0.1) is 0 Å². The van der Waals surface area contributed by atoms with Gasteiger partial charge in [-0.25, -0.2) is 0 Å². The Morgan fingerprint density at radius 3 is 2.57 bits per heavy atom. The van der Waals surface area contributed by atoms with Gasteiger partial charge in [0.1, 0.15) is 0 Å². The first kappa shape index (κ1) is 20.1. The van der Waals surface area contributed by atoms with Crippen molar-refractivity contribution in [1.29, 1.82) is 0 Å². The molecule has 2 aromatic carbocycles. The summed E-state index contributed by atoms with van der Waals surface area (Å²) in [7, 11) is 0. The van der Waals surface area contributed by atoms with Crippen LogP contribution >= 0.6 is 23.4 Å². The highest BCUT2D eigenvalue weighted by atomic mass is 35.5. The van der Waals surface area contributed by atoms with Gasteiger partial charge in [0.25, 0.3) is 0 Å². The minimum atomic E-state index is -0.330. The Labute approximate surface area is 171 Å². The molecule has 0 fully saturated rings. The maximum atomic E-state index is 12.3. The fourth-order valence-corrected chi connectivity index (χ4v) is 3.31. The average Bonchev–Trinajstić information content (AvgIpc) is 3.15. The van der Waals surface area contributed by atoms with Crippen LogP contribution in [0.1, 0.15) is 30.1 Å². The van der Waals surface area contributed by atoms with Crippen LogP contribution in [-0.2, 0) is 10.5 Å².